The number of hydrogen-bond donors (Lipinski definition) is 6. The summed E-state index contributed by atoms with van der Waals surface area (Å²) in [6, 6.07) is 11.5. The van der Waals surface area contributed by atoms with E-state index < -0.39 is 54.2 Å². The van der Waals surface area contributed by atoms with Crippen LogP contribution in [0.1, 0.15) is 131 Å². The summed E-state index contributed by atoms with van der Waals surface area (Å²) in [5.41, 5.74) is 7.17. The Hall–Kier alpha value is -6.58. The molecule has 0 bridgehead atoms. The fourth-order valence-electron chi connectivity index (χ4n) is 11.8. The molecule has 0 saturated carbocycles. The smallest absolute Gasteiger partial charge is 0.248 e. The number of nitrogens with one attached hydrogen (secondary N) is 6. The van der Waals surface area contributed by atoms with E-state index in [2.05, 4.69) is 76.8 Å². The third kappa shape index (κ3) is 11.6. The second kappa shape index (κ2) is 24.2. The zero-order valence-corrected chi connectivity index (χ0v) is 44.8. The maximum absolute atomic E-state index is 14.7. The Balaban J connectivity index is 0.885. The maximum atomic E-state index is 14.7. The molecule has 4 aromatic rings. The number of likely N-dealkylation sites (N-methyl/N-ethyl adjacent to an activating group) is 2. The number of aryl methyl sites for hydroxylation is 5. The Labute approximate surface area is 444 Å². The molecule has 21 heteroatoms. The van der Waals surface area contributed by atoms with Gasteiger partial charge in [0.25, 0.3) is 0 Å². The van der Waals surface area contributed by atoms with Gasteiger partial charge >= 0.3 is 0 Å². The molecule has 76 heavy (non-hydrogen) atoms. The number of nitrogens with zero attached hydrogens (tertiary/aromatic N) is 8. The first kappa shape index (κ1) is 54.2. The summed E-state index contributed by atoms with van der Waals surface area (Å²) in [5.74, 6) is -2.20. The SMILES string of the molecule is CN[C@@H](C)C(=O)NC(C(=O)N1CCC[C@H]1C(=O)N[C@@H]1CCCc2ccccc21)[C@@H](C)CCc1nnn2c1-c1c(CO[C@H](C)[C@H](NC(=O)[C@H](C)NC)C(=O)N3CCC[C@H]3C(=O)N[C@@H]3CCCc4ccccc43)nnn1CC2. The lowest BCUT2D eigenvalue weighted by Crippen LogP contribution is -2.59. The Kier molecular flexibility index (Phi) is 17.2. The van der Waals surface area contributed by atoms with E-state index in [1.807, 2.05) is 31.2 Å². The standard InChI is InChI=1S/C55H76N14O7/c1-32(46(60-50(70)33(2)56-5)54(74)66-27-13-23-44(66)52(72)58-40-21-11-17-36-15-7-9-19-38(36)40)25-26-42-48-49-43(63-65-69(49)30-29-68(48)64-62-42)31-76-35(4)47(61-51(71)34(3)57-6)55(75)67-28-14-24-45(67)53(73)59-41-22-12-18-37-16-8-10-20-39(37)41/h7-10,15-16,19-20,32-35,40-41,44-47,56-57H,11-14,17-18,21-31H2,1-6H3,(H,58,72)(H,59,73)(H,60,70)(H,61,71)/t32-,33-,34-,35+,40+,41+,44-,45-,46?,47-/m0/s1. The Morgan fingerprint density at radius 1 is 0.605 bits per heavy atom. The van der Waals surface area contributed by atoms with E-state index in [4.69, 9.17) is 4.74 Å². The number of ether oxygens (including phenoxy) is 1. The van der Waals surface area contributed by atoms with Crippen molar-refractivity contribution >= 4 is 35.4 Å². The Morgan fingerprint density at radius 3 is 1.61 bits per heavy atom. The van der Waals surface area contributed by atoms with Crippen molar-refractivity contribution in [3.05, 3.63) is 82.2 Å². The monoisotopic (exact) mass is 1040 g/mol. The summed E-state index contributed by atoms with van der Waals surface area (Å²) in [7, 11) is 3.35. The first-order valence-corrected chi connectivity index (χ1v) is 27.5. The number of amides is 6. The molecule has 5 heterocycles. The molecule has 2 fully saturated rings. The van der Waals surface area contributed by atoms with Crippen molar-refractivity contribution in [2.45, 2.75) is 179 Å². The van der Waals surface area contributed by atoms with E-state index in [9.17, 15) is 28.8 Å². The van der Waals surface area contributed by atoms with E-state index in [-0.39, 0.29) is 48.2 Å². The second-order valence-electron chi connectivity index (χ2n) is 21.4. The molecule has 5 aliphatic rings. The van der Waals surface area contributed by atoms with Crippen LogP contribution in [-0.2, 0) is 72.5 Å². The highest BCUT2D eigenvalue weighted by molar-refractivity contribution is 5.95. The van der Waals surface area contributed by atoms with Crippen LogP contribution in [0.3, 0.4) is 0 Å². The maximum Gasteiger partial charge on any atom is 0.248 e. The Bertz CT molecular complexity index is 2580. The highest BCUT2D eigenvalue weighted by Gasteiger charge is 2.43. The first-order valence-electron chi connectivity index (χ1n) is 27.5. The quantitative estimate of drug-likeness (QED) is 0.0746. The molecule has 0 spiro atoms. The van der Waals surface area contributed by atoms with Gasteiger partial charge in [-0.1, -0.05) is 65.9 Å². The molecular weight excluding hydrogens is 969 g/mol. The lowest BCUT2D eigenvalue weighted by Gasteiger charge is -2.33. The van der Waals surface area contributed by atoms with E-state index in [1.54, 1.807) is 54.0 Å². The molecule has 408 valence electrons. The number of carbonyl (C=O) groups excluding carboxylic acids is 6. The van der Waals surface area contributed by atoms with Gasteiger partial charge in [0.1, 0.15) is 41.2 Å². The molecule has 10 atom stereocenters. The number of benzene rings is 2. The molecule has 6 N–H and O–H groups in total. The second-order valence-corrected chi connectivity index (χ2v) is 21.4. The minimum Gasteiger partial charge on any atom is -0.369 e. The number of rotatable bonds is 20. The van der Waals surface area contributed by atoms with Crippen LogP contribution in [0.15, 0.2) is 48.5 Å². The van der Waals surface area contributed by atoms with Gasteiger partial charge in [-0.3, -0.25) is 28.8 Å². The molecule has 2 aliphatic carbocycles. The summed E-state index contributed by atoms with van der Waals surface area (Å²) in [6.45, 7) is 8.74. The van der Waals surface area contributed by atoms with E-state index in [0.29, 0.717) is 87.5 Å². The third-order valence-electron chi connectivity index (χ3n) is 16.5. The van der Waals surface area contributed by atoms with Crippen LogP contribution in [0.5, 0.6) is 0 Å². The number of aromatic nitrogens is 6. The van der Waals surface area contributed by atoms with Crippen molar-refractivity contribution in [3.63, 3.8) is 0 Å². The largest absolute Gasteiger partial charge is 0.369 e. The van der Waals surface area contributed by atoms with Crippen molar-refractivity contribution in [2.75, 3.05) is 27.2 Å². The summed E-state index contributed by atoms with van der Waals surface area (Å²) >= 11 is 0. The molecule has 6 amide bonds. The molecule has 3 aliphatic heterocycles. The van der Waals surface area contributed by atoms with Crippen molar-refractivity contribution in [1.29, 1.82) is 0 Å². The van der Waals surface area contributed by atoms with E-state index >= 15 is 0 Å². The van der Waals surface area contributed by atoms with Crippen LogP contribution < -0.4 is 31.9 Å². The van der Waals surface area contributed by atoms with Crippen LogP contribution >= 0.6 is 0 Å². The summed E-state index contributed by atoms with van der Waals surface area (Å²) in [4.78, 5) is 87.7. The van der Waals surface area contributed by atoms with Crippen molar-refractivity contribution in [3.8, 4) is 11.4 Å². The first-order chi connectivity index (χ1) is 36.8. The fourth-order valence-corrected chi connectivity index (χ4v) is 11.8. The summed E-state index contributed by atoms with van der Waals surface area (Å²) in [5, 5.41) is 36.5. The number of fused-ring (bicyclic) bond motifs is 5. The van der Waals surface area contributed by atoms with Crippen LogP contribution in [0.4, 0.5) is 0 Å². The molecule has 2 aromatic heterocycles. The van der Waals surface area contributed by atoms with Crippen LogP contribution in [0.2, 0.25) is 0 Å². The highest BCUT2D eigenvalue weighted by atomic mass is 16.5. The van der Waals surface area contributed by atoms with Gasteiger partial charge in [0.2, 0.25) is 35.4 Å². The van der Waals surface area contributed by atoms with Gasteiger partial charge in [-0.15, -0.1) is 10.2 Å². The van der Waals surface area contributed by atoms with Crippen molar-refractivity contribution in [1.82, 2.24) is 71.7 Å². The minimum absolute atomic E-state index is 0.0755. The zero-order valence-electron chi connectivity index (χ0n) is 44.8. The molecule has 2 aromatic carbocycles. The van der Waals surface area contributed by atoms with Gasteiger partial charge in [0, 0.05) is 13.1 Å². The molecule has 21 nitrogen and oxygen atoms in total. The number of carbonyl (C=O) groups is 6. The van der Waals surface area contributed by atoms with Gasteiger partial charge in [0.15, 0.2) is 0 Å². The predicted octanol–water partition coefficient (Wildman–Crippen LogP) is 2.58. The van der Waals surface area contributed by atoms with Gasteiger partial charge in [0.05, 0.1) is 55.7 Å². The van der Waals surface area contributed by atoms with Crippen LogP contribution in [0, 0.1) is 5.92 Å². The zero-order chi connectivity index (χ0) is 53.6. The van der Waals surface area contributed by atoms with Crippen molar-refractivity contribution < 1.29 is 33.5 Å². The van der Waals surface area contributed by atoms with Gasteiger partial charge in [-0.05, 0) is 140 Å². The van der Waals surface area contributed by atoms with Gasteiger partial charge in [-0.2, -0.15) is 0 Å². The fraction of sp³-hybridized carbons (Fsp3) is 0.600. The topological polar surface area (TPSA) is 252 Å². The molecule has 1 unspecified atom stereocenters. The Morgan fingerprint density at radius 2 is 1.08 bits per heavy atom. The summed E-state index contributed by atoms with van der Waals surface area (Å²) in [6.07, 6.45) is 7.79. The molecule has 0 radical (unpaired) electrons. The van der Waals surface area contributed by atoms with E-state index in [1.165, 1.54) is 11.1 Å². The van der Waals surface area contributed by atoms with Gasteiger partial charge in [-0.25, -0.2) is 9.36 Å². The van der Waals surface area contributed by atoms with Gasteiger partial charge < -0.3 is 46.4 Å². The third-order valence-corrected chi connectivity index (χ3v) is 16.5. The van der Waals surface area contributed by atoms with Crippen LogP contribution in [-0.4, -0.2) is 145 Å². The highest BCUT2D eigenvalue weighted by Crippen LogP contribution is 2.34. The molecule has 2 saturated heterocycles. The number of likely N-dealkylation sites (tertiary alicyclic amines) is 2. The molecular formula is C55H76N14O7. The average Bonchev–Trinajstić information content (AvgIpc) is 4.32. The minimum atomic E-state index is -1.13. The lowest BCUT2D eigenvalue weighted by atomic mass is 9.87. The van der Waals surface area contributed by atoms with Crippen LogP contribution in [0.25, 0.3) is 11.4 Å². The normalized spacial score (nSPS) is 22.1. The summed E-state index contributed by atoms with van der Waals surface area (Å²) < 4.78 is 10.1. The number of hydrogen-bond acceptors (Lipinski definition) is 13. The predicted molar refractivity (Wildman–Crippen MR) is 282 cm³/mol. The van der Waals surface area contributed by atoms with E-state index in [0.717, 1.165) is 49.7 Å². The molecule has 9 rings (SSSR count). The average molecular weight is 1050 g/mol. The van der Waals surface area contributed by atoms with Crippen molar-refractivity contribution in [2.24, 2.45) is 5.92 Å². The lowest BCUT2D eigenvalue weighted by molar-refractivity contribution is -0.145.